The second kappa shape index (κ2) is 4.89. The molecular formula is C3H6N4O2. The van der Waals surface area contributed by atoms with Crippen LogP contribution in [0.5, 0.6) is 0 Å². The average Bonchev–Trinajstić information content (AvgIpc) is 1.80. The van der Waals surface area contributed by atoms with Crippen LogP contribution in [0.4, 0.5) is 0 Å². The molecule has 0 saturated carbocycles. The largest absolute Gasteiger partial charge is 0.480 e. The topological polar surface area (TPSA) is 98.1 Å². The molecule has 0 aliphatic carbocycles. The van der Waals surface area contributed by atoms with Crippen molar-refractivity contribution in [3.8, 4) is 0 Å². The summed E-state index contributed by atoms with van der Waals surface area (Å²) in [6.45, 7) is -0.165. The number of carboxylic acid groups (broad SMARTS) is 1. The van der Waals surface area contributed by atoms with Gasteiger partial charge in [-0.3, -0.25) is 4.79 Å². The van der Waals surface area contributed by atoms with Gasteiger partial charge in [0.1, 0.15) is 0 Å². The molecule has 50 valence electrons. The van der Waals surface area contributed by atoms with E-state index >= 15 is 0 Å². The van der Waals surface area contributed by atoms with Crippen LogP contribution in [-0.4, -0.2) is 24.3 Å². The fourth-order valence-corrected chi connectivity index (χ4v) is 0.244. The van der Waals surface area contributed by atoms with Crippen LogP contribution >= 0.6 is 0 Å². The van der Waals surface area contributed by atoms with Crippen molar-refractivity contribution in [3.63, 3.8) is 0 Å². The first-order valence-corrected chi connectivity index (χ1v) is 2.20. The molecule has 0 bridgehead atoms. The Morgan fingerprint density at radius 1 is 1.89 bits per heavy atom. The van der Waals surface area contributed by atoms with Gasteiger partial charge in [0.15, 0.2) is 0 Å². The van der Waals surface area contributed by atoms with Crippen molar-refractivity contribution >= 4 is 5.97 Å². The van der Waals surface area contributed by atoms with Crippen molar-refractivity contribution in [2.24, 2.45) is 5.11 Å². The van der Waals surface area contributed by atoms with Gasteiger partial charge in [-0.25, -0.2) is 0 Å². The van der Waals surface area contributed by atoms with Crippen LogP contribution < -0.4 is 5.32 Å². The molecule has 0 spiro atoms. The Morgan fingerprint density at radius 2 is 2.56 bits per heavy atom. The van der Waals surface area contributed by atoms with Gasteiger partial charge >= 0.3 is 5.97 Å². The van der Waals surface area contributed by atoms with Gasteiger partial charge in [0.25, 0.3) is 0 Å². The van der Waals surface area contributed by atoms with E-state index in [2.05, 4.69) is 15.3 Å². The number of hydrogen-bond acceptors (Lipinski definition) is 3. The van der Waals surface area contributed by atoms with E-state index in [0.717, 1.165) is 0 Å². The van der Waals surface area contributed by atoms with Crippen LogP contribution in [0.2, 0.25) is 0 Å². The maximum absolute atomic E-state index is 9.77. The van der Waals surface area contributed by atoms with Crippen molar-refractivity contribution < 1.29 is 9.90 Å². The zero-order chi connectivity index (χ0) is 7.11. The Morgan fingerprint density at radius 3 is 3.00 bits per heavy atom. The second-order valence-electron chi connectivity index (χ2n) is 1.21. The predicted molar refractivity (Wildman–Crippen MR) is 29.7 cm³/mol. The van der Waals surface area contributed by atoms with Crippen molar-refractivity contribution in [1.82, 2.24) is 5.32 Å². The summed E-state index contributed by atoms with van der Waals surface area (Å²) in [5.41, 5.74) is 7.70. The van der Waals surface area contributed by atoms with Crippen LogP contribution in [0.1, 0.15) is 0 Å². The van der Waals surface area contributed by atoms with Gasteiger partial charge in [0.05, 0.1) is 13.2 Å². The van der Waals surface area contributed by atoms with Gasteiger partial charge in [-0.1, -0.05) is 5.11 Å². The number of hydrogen-bond donors (Lipinski definition) is 2. The van der Waals surface area contributed by atoms with Crippen molar-refractivity contribution in [2.75, 3.05) is 13.2 Å². The lowest BCUT2D eigenvalue weighted by atomic mass is 10.7. The summed E-state index contributed by atoms with van der Waals surface area (Å²) in [6.07, 6.45) is 0. The second-order valence-corrected chi connectivity index (χ2v) is 1.21. The normalized spacial score (nSPS) is 8.00. The summed E-state index contributed by atoms with van der Waals surface area (Å²) < 4.78 is 0. The lowest BCUT2D eigenvalue weighted by molar-refractivity contribution is -0.135. The highest BCUT2D eigenvalue weighted by atomic mass is 16.4. The summed E-state index contributed by atoms with van der Waals surface area (Å²) >= 11 is 0. The highest BCUT2D eigenvalue weighted by Crippen LogP contribution is 1.64. The molecule has 0 fully saturated rings. The first-order valence-electron chi connectivity index (χ1n) is 2.20. The minimum absolute atomic E-state index is 0.0167. The van der Waals surface area contributed by atoms with Crippen LogP contribution in [0.25, 0.3) is 10.4 Å². The number of carbonyl (C=O) groups is 1. The molecule has 9 heavy (non-hydrogen) atoms. The quantitative estimate of drug-likeness (QED) is 0.241. The maximum atomic E-state index is 9.77. The summed E-state index contributed by atoms with van der Waals surface area (Å²) in [7, 11) is 0. The Labute approximate surface area is 51.1 Å². The van der Waals surface area contributed by atoms with E-state index in [4.69, 9.17) is 10.6 Å². The molecule has 0 rings (SSSR count). The fourth-order valence-electron chi connectivity index (χ4n) is 0.244. The number of carboxylic acids is 1. The van der Waals surface area contributed by atoms with Crippen LogP contribution in [0.15, 0.2) is 5.11 Å². The molecule has 6 heteroatoms. The minimum atomic E-state index is -0.969. The zero-order valence-electron chi connectivity index (χ0n) is 4.61. The smallest absolute Gasteiger partial charge is 0.317 e. The average molecular weight is 130 g/mol. The van der Waals surface area contributed by atoms with E-state index in [9.17, 15) is 4.79 Å². The molecule has 0 aromatic carbocycles. The van der Waals surface area contributed by atoms with Gasteiger partial charge in [-0.2, -0.15) is 0 Å². The highest BCUT2D eigenvalue weighted by molar-refractivity contribution is 5.68. The van der Waals surface area contributed by atoms with Gasteiger partial charge in [-0.05, 0) is 5.53 Å². The Kier molecular flexibility index (Phi) is 4.20. The molecule has 0 saturated heterocycles. The molecule has 0 aliphatic rings. The zero-order valence-corrected chi connectivity index (χ0v) is 4.61. The molecule has 6 nitrogen and oxygen atoms in total. The van der Waals surface area contributed by atoms with Gasteiger partial charge in [-0.15, -0.1) is 0 Å². The first kappa shape index (κ1) is 7.74. The number of nitrogens with zero attached hydrogens (tertiary/aromatic N) is 3. The first-order chi connectivity index (χ1) is 4.27. The van der Waals surface area contributed by atoms with E-state index in [1.54, 1.807) is 0 Å². The molecule has 0 aliphatic heterocycles. The standard InChI is InChI=1S/C3H6N4O2/c4-7-6-2-5-1-3(8)9/h5H,1-2H2,(H,8,9). The third-order valence-corrected chi connectivity index (χ3v) is 0.522. The molecule has 0 aromatic rings. The van der Waals surface area contributed by atoms with Gasteiger partial charge in [0, 0.05) is 4.91 Å². The van der Waals surface area contributed by atoms with Gasteiger partial charge < -0.3 is 10.4 Å². The third kappa shape index (κ3) is 6.74. The molecule has 2 N–H and O–H groups in total. The van der Waals surface area contributed by atoms with Crippen molar-refractivity contribution in [3.05, 3.63) is 10.4 Å². The molecule has 0 atom stereocenters. The third-order valence-electron chi connectivity index (χ3n) is 0.522. The van der Waals surface area contributed by atoms with E-state index in [1.807, 2.05) is 0 Å². The fraction of sp³-hybridized carbons (Fsp3) is 0.667. The highest BCUT2D eigenvalue weighted by Gasteiger charge is 1.90. The lowest BCUT2D eigenvalue weighted by Gasteiger charge is -1.90. The molecule has 0 unspecified atom stereocenters. The number of aliphatic carboxylic acids is 1. The van der Waals surface area contributed by atoms with E-state index < -0.39 is 5.97 Å². The molecule has 0 amide bonds. The molecule has 0 aromatic heterocycles. The van der Waals surface area contributed by atoms with E-state index in [1.165, 1.54) is 0 Å². The van der Waals surface area contributed by atoms with Crippen molar-refractivity contribution in [1.29, 1.82) is 0 Å². The number of rotatable bonds is 4. The maximum Gasteiger partial charge on any atom is 0.317 e. The van der Waals surface area contributed by atoms with Crippen LogP contribution in [-0.2, 0) is 4.79 Å². The summed E-state index contributed by atoms with van der Waals surface area (Å²) in [5, 5.41) is 13.4. The number of azide groups is 1. The van der Waals surface area contributed by atoms with E-state index in [0.29, 0.717) is 0 Å². The molecular weight excluding hydrogens is 124 g/mol. The minimum Gasteiger partial charge on any atom is -0.480 e. The summed E-state index contributed by atoms with van der Waals surface area (Å²) in [4.78, 5) is 12.2. The lowest BCUT2D eigenvalue weighted by Crippen LogP contribution is -2.21. The number of nitrogens with one attached hydrogen (secondary N) is 1. The van der Waals surface area contributed by atoms with Crippen molar-refractivity contribution in [2.45, 2.75) is 0 Å². The van der Waals surface area contributed by atoms with Crippen LogP contribution in [0, 0.1) is 0 Å². The molecule has 0 radical (unpaired) electrons. The van der Waals surface area contributed by atoms with Crippen LogP contribution in [0.3, 0.4) is 0 Å². The monoisotopic (exact) mass is 130 g/mol. The Hall–Kier alpha value is -1.26. The summed E-state index contributed by atoms with van der Waals surface area (Å²) in [6, 6.07) is 0. The van der Waals surface area contributed by atoms with Gasteiger partial charge in [0.2, 0.25) is 0 Å². The molecule has 0 heterocycles. The SMILES string of the molecule is [N-]=[N+]=NCNCC(=O)O. The van der Waals surface area contributed by atoms with E-state index in [-0.39, 0.29) is 13.2 Å². The Balaban J connectivity index is 3.10. The predicted octanol–water partition coefficient (Wildman–Crippen LogP) is -0.0716. The Bertz CT molecular complexity index is 137. The summed E-state index contributed by atoms with van der Waals surface area (Å²) in [5.74, 6) is -0.969.